The van der Waals surface area contributed by atoms with E-state index in [1.54, 1.807) is 19.1 Å². The van der Waals surface area contributed by atoms with Crippen molar-refractivity contribution >= 4 is 15.9 Å². The molecule has 0 saturated heterocycles. The monoisotopic (exact) mass is 488 g/mol. The zero-order valence-corrected chi connectivity index (χ0v) is 18.5. The van der Waals surface area contributed by atoms with Gasteiger partial charge in [0.15, 0.2) is 11.5 Å². The lowest BCUT2D eigenvalue weighted by molar-refractivity contribution is -0.274. The van der Waals surface area contributed by atoms with Gasteiger partial charge in [-0.15, -0.1) is 13.2 Å². The molecule has 1 aliphatic rings. The van der Waals surface area contributed by atoms with Crippen LogP contribution in [0, 0.1) is 0 Å². The van der Waals surface area contributed by atoms with Crippen LogP contribution in [0.2, 0.25) is 0 Å². The van der Waals surface area contributed by atoms with Gasteiger partial charge in [0.05, 0.1) is 24.2 Å². The Morgan fingerprint density at radius 3 is 2.42 bits per heavy atom. The molecule has 0 radical (unpaired) electrons. The summed E-state index contributed by atoms with van der Waals surface area (Å²) in [6.45, 7) is 2.70. The maximum absolute atomic E-state index is 12.3. The van der Waals surface area contributed by atoms with Crippen LogP contribution in [0.3, 0.4) is 0 Å². The van der Waals surface area contributed by atoms with Crippen LogP contribution < -0.4 is 24.2 Å². The molecule has 0 aromatic heterocycles. The molecule has 33 heavy (non-hydrogen) atoms. The van der Waals surface area contributed by atoms with Crippen molar-refractivity contribution in [2.24, 2.45) is 0 Å². The van der Waals surface area contributed by atoms with Crippen LogP contribution in [0.5, 0.6) is 17.2 Å². The van der Waals surface area contributed by atoms with Crippen LogP contribution in [0.4, 0.5) is 13.2 Å². The van der Waals surface area contributed by atoms with E-state index in [1.165, 1.54) is 0 Å². The van der Waals surface area contributed by atoms with Crippen molar-refractivity contribution in [3.8, 4) is 17.2 Å². The van der Waals surface area contributed by atoms with Gasteiger partial charge in [-0.1, -0.05) is 6.07 Å². The molecule has 180 valence electrons. The van der Waals surface area contributed by atoms with Gasteiger partial charge in [-0.05, 0) is 48.9 Å². The van der Waals surface area contributed by atoms with E-state index < -0.39 is 22.1 Å². The second-order valence-corrected chi connectivity index (χ2v) is 8.98. The van der Waals surface area contributed by atoms with E-state index in [1.807, 2.05) is 6.07 Å². The first-order valence-electron chi connectivity index (χ1n) is 10.1. The number of amides is 1. The Labute approximate surface area is 189 Å². The lowest BCUT2D eigenvalue weighted by atomic mass is 10.1. The highest BCUT2D eigenvalue weighted by molar-refractivity contribution is 7.89. The second-order valence-electron chi connectivity index (χ2n) is 7.21. The Balaban J connectivity index is 1.50. The normalized spacial score (nSPS) is 14.8. The van der Waals surface area contributed by atoms with Gasteiger partial charge in [-0.3, -0.25) is 4.79 Å². The Hall–Kier alpha value is -2.99. The molecule has 1 aliphatic heterocycles. The highest BCUT2D eigenvalue weighted by Gasteiger charge is 2.31. The van der Waals surface area contributed by atoms with Crippen molar-refractivity contribution in [1.82, 2.24) is 10.0 Å². The van der Waals surface area contributed by atoms with Crippen LogP contribution in [0.15, 0.2) is 47.4 Å². The molecule has 0 bridgehead atoms. The molecule has 0 saturated carbocycles. The number of benzene rings is 2. The van der Waals surface area contributed by atoms with Crippen LogP contribution in [-0.2, 0) is 14.8 Å². The molecule has 1 unspecified atom stereocenters. The van der Waals surface area contributed by atoms with Gasteiger partial charge in [0.2, 0.25) is 15.9 Å². The minimum absolute atomic E-state index is 0.136. The number of hydrogen-bond acceptors (Lipinski definition) is 6. The molecule has 3 rings (SSSR count). The predicted octanol–water partition coefficient (Wildman–Crippen LogP) is 3.29. The first-order valence-corrected chi connectivity index (χ1v) is 11.6. The molecule has 8 nitrogen and oxygen atoms in total. The number of sulfonamides is 1. The number of carbonyl (C=O) groups excluding carboxylic acids is 1. The molecular weight excluding hydrogens is 465 g/mol. The number of ether oxygens (including phenoxy) is 3. The maximum atomic E-state index is 12.3. The minimum atomic E-state index is -4.87. The highest BCUT2D eigenvalue weighted by Crippen LogP contribution is 2.32. The summed E-state index contributed by atoms with van der Waals surface area (Å²) >= 11 is 0. The van der Waals surface area contributed by atoms with E-state index >= 15 is 0 Å². The lowest BCUT2D eigenvalue weighted by Gasteiger charge is -2.16. The standard InChI is InChI=1S/C21H23F3N2O6S/c1-14(15-3-8-18-19(13-15)31-12-2-11-30-18)26-20(27)9-10-25-33(28,29)17-6-4-16(5-7-17)32-21(22,23)24/h3-8,13-14,25H,2,9-12H2,1H3,(H,26,27). The first kappa shape index (κ1) is 24.6. The summed E-state index contributed by atoms with van der Waals surface area (Å²) in [6, 6.07) is 8.78. The summed E-state index contributed by atoms with van der Waals surface area (Å²) < 4.78 is 78.4. The minimum Gasteiger partial charge on any atom is -0.490 e. The molecule has 2 aromatic rings. The number of nitrogens with one attached hydrogen (secondary N) is 2. The molecule has 2 aromatic carbocycles. The van der Waals surface area contributed by atoms with E-state index in [0.717, 1.165) is 36.2 Å². The van der Waals surface area contributed by atoms with Gasteiger partial charge < -0.3 is 19.5 Å². The van der Waals surface area contributed by atoms with Crippen LogP contribution in [0.25, 0.3) is 0 Å². The Morgan fingerprint density at radius 1 is 1.09 bits per heavy atom. The van der Waals surface area contributed by atoms with Crippen LogP contribution in [-0.4, -0.2) is 40.4 Å². The highest BCUT2D eigenvalue weighted by atomic mass is 32.2. The molecule has 0 spiro atoms. The molecule has 1 heterocycles. The fourth-order valence-electron chi connectivity index (χ4n) is 3.05. The third-order valence-electron chi connectivity index (χ3n) is 4.66. The molecule has 2 N–H and O–H groups in total. The van der Waals surface area contributed by atoms with Gasteiger partial charge >= 0.3 is 6.36 Å². The summed E-state index contributed by atoms with van der Waals surface area (Å²) in [5, 5.41) is 2.78. The summed E-state index contributed by atoms with van der Waals surface area (Å²) in [6.07, 6.45) is -4.23. The quantitative estimate of drug-likeness (QED) is 0.591. The number of rotatable bonds is 8. The third kappa shape index (κ3) is 7.26. The van der Waals surface area contributed by atoms with E-state index in [9.17, 15) is 26.4 Å². The predicted molar refractivity (Wildman–Crippen MR) is 112 cm³/mol. The largest absolute Gasteiger partial charge is 0.573 e. The molecule has 1 atom stereocenters. The van der Waals surface area contributed by atoms with Crippen molar-refractivity contribution in [2.75, 3.05) is 19.8 Å². The number of hydrogen-bond donors (Lipinski definition) is 2. The fourth-order valence-corrected chi connectivity index (χ4v) is 4.08. The van der Waals surface area contributed by atoms with Gasteiger partial charge in [-0.2, -0.15) is 0 Å². The summed E-state index contributed by atoms with van der Waals surface area (Å²) in [4.78, 5) is 12.0. The van der Waals surface area contributed by atoms with Crippen molar-refractivity contribution in [1.29, 1.82) is 0 Å². The number of carbonyl (C=O) groups is 1. The van der Waals surface area contributed by atoms with Gasteiger partial charge in [-0.25, -0.2) is 13.1 Å². The number of halogens is 3. The Morgan fingerprint density at radius 2 is 1.76 bits per heavy atom. The van der Waals surface area contributed by atoms with Crippen LogP contribution >= 0.6 is 0 Å². The summed E-state index contributed by atoms with van der Waals surface area (Å²) in [7, 11) is -4.01. The Kier molecular flexibility index (Phi) is 7.69. The van der Waals surface area contributed by atoms with E-state index in [0.29, 0.717) is 24.7 Å². The average molecular weight is 488 g/mol. The SMILES string of the molecule is CC(NC(=O)CCNS(=O)(=O)c1ccc(OC(F)(F)F)cc1)c1ccc2c(c1)OCCCO2. The fraction of sp³-hybridized carbons (Fsp3) is 0.381. The van der Waals surface area contributed by atoms with Crippen molar-refractivity contribution in [3.63, 3.8) is 0 Å². The molecule has 1 amide bonds. The lowest BCUT2D eigenvalue weighted by Crippen LogP contribution is -2.32. The van der Waals surface area contributed by atoms with E-state index in [-0.39, 0.29) is 29.8 Å². The van der Waals surface area contributed by atoms with Gasteiger partial charge in [0.25, 0.3) is 0 Å². The van der Waals surface area contributed by atoms with Crippen molar-refractivity contribution < 1.29 is 40.6 Å². The first-order chi connectivity index (χ1) is 15.5. The zero-order chi connectivity index (χ0) is 24.1. The number of alkyl halides is 3. The molecule has 0 aliphatic carbocycles. The molecular formula is C21H23F3N2O6S. The van der Waals surface area contributed by atoms with Gasteiger partial charge in [0.1, 0.15) is 5.75 Å². The second kappa shape index (κ2) is 10.3. The van der Waals surface area contributed by atoms with E-state index in [4.69, 9.17) is 9.47 Å². The number of fused-ring (bicyclic) bond motifs is 1. The summed E-state index contributed by atoms with van der Waals surface area (Å²) in [5.41, 5.74) is 0.800. The van der Waals surface area contributed by atoms with Gasteiger partial charge in [0, 0.05) is 19.4 Å². The van der Waals surface area contributed by atoms with E-state index in [2.05, 4.69) is 14.8 Å². The average Bonchev–Trinajstić information content (AvgIpc) is 2.97. The third-order valence-corrected chi connectivity index (χ3v) is 6.14. The zero-order valence-electron chi connectivity index (χ0n) is 17.6. The maximum Gasteiger partial charge on any atom is 0.573 e. The molecule has 0 fully saturated rings. The Bertz CT molecular complexity index is 1070. The topological polar surface area (TPSA) is 103 Å². The smallest absolute Gasteiger partial charge is 0.490 e. The van der Waals surface area contributed by atoms with Crippen LogP contribution in [0.1, 0.15) is 31.4 Å². The summed E-state index contributed by atoms with van der Waals surface area (Å²) in [5.74, 6) is 0.323. The van der Waals surface area contributed by atoms with Crippen molar-refractivity contribution in [3.05, 3.63) is 48.0 Å². The van der Waals surface area contributed by atoms with Crippen molar-refractivity contribution in [2.45, 2.75) is 37.1 Å². The molecule has 12 heteroatoms.